The zero-order chi connectivity index (χ0) is 20.3. The molecule has 2 N–H and O–H groups in total. The lowest BCUT2D eigenvalue weighted by molar-refractivity contribution is -0.187. The van der Waals surface area contributed by atoms with Gasteiger partial charge in [0.2, 0.25) is 5.88 Å². The first kappa shape index (κ1) is 21.3. The van der Waals surface area contributed by atoms with Crippen LogP contribution >= 0.6 is 35.0 Å². The van der Waals surface area contributed by atoms with Crippen molar-refractivity contribution in [2.24, 2.45) is 0 Å². The average Bonchev–Trinajstić information content (AvgIpc) is 3.13. The van der Waals surface area contributed by atoms with Gasteiger partial charge in [-0.1, -0.05) is 40.2 Å². The molecule has 1 aliphatic heterocycles. The monoisotopic (exact) mass is 449 g/mol. The van der Waals surface area contributed by atoms with Gasteiger partial charge in [0, 0.05) is 12.0 Å². The van der Waals surface area contributed by atoms with Crippen LogP contribution in [0, 0.1) is 0 Å². The fraction of sp³-hybridized carbons (Fsp3) is 0.438. The van der Waals surface area contributed by atoms with Crippen molar-refractivity contribution >= 4 is 41.4 Å². The molecule has 3 rings (SSSR count). The van der Waals surface area contributed by atoms with Gasteiger partial charge in [-0.3, -0.25) is 4.79 Å². The minimum Gasteiger partial charge on any atom is -0.408 e. The maximum atomic E-state index is 10.7. The molecule has 0 saturated carbocycles. The van der Waals surface area contributed by atoms with Gasteiger partial charge in [0.1, 0.15) is 36.0 Å². The molecule has 0 bridgehead atoms. The molecule has 28 heavy (non-hydrogen) atoms. The molecule has 0 unspecified atom stereocenters. The SMILES string of the molecule is CO[C@@H]1[C@@H](n2nncc2OC=O)[C@@H](O)[C@@H](CO)O[C@@H]1Sc1ccc(Cl)c(Cl)c1. The van der Waals surface area contributed by atoms with Gasteiger partial charge in [-0.15, -0.1) is 5.10 Å². The topological polar surface area (TPSA) is 116 Å². The fourth-order valence-electron chi connectivity index (χ4n) is 2.94. The van der Waals surface area contributed by atoms with Crippen LogP contribution in [0.5, 0.6) is 5.88 Å². The van der Waals surface area contributed by atoms with Crippen LogP contribution in [0.3, 0.4) is 0 Å². The van der Waals surface area contributed by atoms with Crippen LogP contribution < -0.4 is 4.74 Å². The molecule has 1 aliphatic rings. The molecule has 0 radical (unpaired) electrons. The van der Waals surface area contributed by atoms with Crippen LogP contribution in [0.25, 0.3) is 0 Å². The normalized spacial score (nSPS) is 27.5. The first-order chi connectivity index (χ1) is 13.5. The Morgan fingerprint density at radius 3 is 2.82 bits per heavy atom. The maximum Gasteiger partial charge on any atom is 0.299 e. The maximum absolute atomic E-state index is 10.7. The van der Waals surface area contributed by atoms with E-state index < -0.39 is 36.4 Å². The molecule has 0 amide bonds. The summed E-state index contributed by atoms with van der Waals surface area (Å²) in [4.78, 5) is 11.5. The summed E-state index contributed by atoms with van der Waals surface area (Å²) < 4.78 is 17.5. The van der Waals surface area contributed by atoms with Gasteiger partial charge in [0.15, 0.2) is 0 Å². The number of rotatable bonds is 7. The highest BCUT2D eigenvalue weighted by atomic mass is 35.5. The minimum absolute atomic E-state index is 0.0259. The number of carbonyl (C=O) groups excluding carboxylic acids is 1. The van der Waals surface area contributed by atoms with Gasteiger partial charge < -0.3 is 24.4 Å². The standard InChI is InChI=1S/C16H17Cl2N3O6S/c1-25-15-13(21-12(26-7-23)5-19-20-21)14(24)11(6-22)27-16(15)28-8-2-3-9(17)10(18)4-8/h2-5,7,11,13-16,22,24H,6H2,1H3/t11-,13+,14+,15-,16-/m1/s1. The van der Waals surface area contributed by atoms with Crippen molar-refractivity contribution in [3.8, 4) is 5.88 Å². The number of hydrogen-bond donors (Lipinski definition) is 2. The van der Waals surface area contributed by atoms with E-state index in [4.69, 9.17) is 37.4 Å². The van der Waals surface area contributed by atoms with Gasteiger partial charge in [0.05, 0.1) is 16.7 Å². The number of ether oxygens (including phenoxy) is 3. The Hall–Kier alpha value is -1.40. The number of hydrogen-bond acceptors (Lipinski definition) is 9. The number of methoxy groups -OCH3 is 1. The molecule has 0 aliphatic carbocycles. The molecule has 1 aromatic heterocycles. The summed E-state index contributed by atoms with van der Waals surface area (Å²) in [6.45, 7) is -0.209. The smallest absolute Gasteiger partial charge is 0.299 e. The molecule has 1 fully saturated rings. The highest BCUT2D eigenvalue weighted by Crippen LogP contribution is 2.41. The van der Waals surface area contributed by atoms with Crippen LogP contribution in [-0.4, -0.2) is 69.1 Å². The average molecular weight is 450 g/mol. The predicted octanol–water partition coefficient (Wildman–Crippen LogP) is 1.55. The number of benzene rings is 1. The molecule has 9 nitrogen and oxygen atoms in total. The quantitative estimate of drug-likeness (QED) is 0.606. The number of thioether (sulfide) groups is 1. The summed E-state index contributed by atoms with van der Waals surface area (Å²) in [5.74, 6) is 0.0259. The third-order valence-corrected chi connectivity index (χ3v) is 6.11. The fourth-order valence-corrected chi connectivity index (χ4v) is 4.51. The molecule has 152 valence electrons. The van der Waals surface area contributed by atoms with Gasteiger partial charge >= 0.3 is 0 Å². The summed E-state index contributed by atoms with van der Waals surface area (Å²) in [7, 11) is 1.45. The lowest BCUT2D eigenvalue weighted by Gasteiger charge is -2.43. The summed E-state index contributed by atoms with van der Waals surface area (Å²) in [5.41, 5.74) is -0.652. The molecule has 2 heterocycles. The van der Waals surface area contributed by atoms with Gasteiger partial charge in [-0.25, -0.2) is 4.68 Å². The Morgan fingerprint density at radius 2 is 2.18 bits per heavy atom. The Balaban J connectivity index is 1.94. The second kappa shape index (κ2) is 9.40. The van der Waals surface area contributed by atoms with E-state index in [1.165, 1.54) is 29.8 Å². The second-order valence-corrected chi connectivity index (χ2v) is 7.82. The number of halogens is 2. The van der Waals surface area contributed by atoms with Gasteiger partial charge in [0.25, 0.3) is 6.47 Å². The summed E-state index contributed by atoms with van der Waals surface area (Å²) in [6, 6.07) is 4.25. The van der Waals surface area contributed by atoms with E-state index in [0.29, 0.717) is 10.0 Å². The van der Waals surface area contributed by atoms with Crippen LogP contribution in [0.15, 0.2) is 29.3 Å². The van der Waals surface area contributed by atoms with Crippen molar-refractivity contribution in [3.05, 3.63) is 34.4 Å². The largest absolute Gasteiger partial charge is 0.408 e. The zero-order valence-corrected chi connectivity index (χ0v) is 16.8. The van der Waals surface area contributed by atoms with Crippen LogP contribution in [0.2, 0.25) is 10.0 Å². The molecular weight excluding hydrogens is 433 g/mol. The second-order valence-electron chi connectivity index (χ2n) is 5.83. The molecule has 12 heteroatoms. The summed E-state index contributed by atoms with van der Waals surface area (Å²) in [5, 5.41) is 28.8. The van der Waals surface area contributed by atoms with E-state index >= 15 is 0 Å². The van der Waals surface area contributed by atoms with Gasteiger partial charge in [-0.05, 0) is 18.2 Å². The van der Waals surface area contributed by atoms with Crippen molar-refractivity contribution < 1.29 is 29.2 Å². The van der Waals surface area contributed by atoms with E-state index in [2.05, 4.69) is 10.3 Å². The summed E-state index contributed by atoms with van der Waals surface area (Å²) >= 11 is 13.3. The highest BCUT2D eigenvalue weighted by Gasteiger charge is 2.48. The predicted molar refractivity (Wildman–Crippen MR) is 101 cm³/mol. The number of carbonyl (C=O) groups is 1. The number of aliphatic hydroxyl groups excluding tert-OH is 2. The Bertz CT molecular complexity index is 825. The van der Waals surface area contributed by atoms with E-state index in [1.54, 1.807) is 18.2 Å². The molecule has 1 aromatic carbocycles. The van der Waals surface area contributed by atoms with Crippen molar-refractivity contribution in [3.63, 3.8) is 0 Å². The lowest BCUT2D eigenvalue weighted by atomic mass is 9.97. The van der Waals surface area contributed by atoms with E-state index in [0.717, 1.165) is 4.90 Å². The van der Waals surface area contributed by atoms with Crippen molar-refractivity contribution in [1.82, 2.24) is 15.0 Å². The van der Waals surface area contributed by atoms with Crippen molar-refractivity contribution in [2.45, 2.75) is 34.7 Å². The Kier molecular flexibility index (Phi) is 7.15. The van der Waals surface area contributed by atoms with E-state index in [9.17, 15) is 15.0 Å². The molecule has 5 atom stereocenters. The molecule has 1 saturated heterocycles. The van der Waals surface area contributed by atoms with Crippen LogP contribution in [-0.2, 0) is 14.3 Å². The van der Waals surface area contributed by atoms with Crippen LogP contribution in [0.1, 0.15) is 6.04 Å². The van der Waals surface area contributed by atoms with E-state index in [1.807, 2.05) is 0 Å². The van der Waals surface area contributed by atoms with Crippen molar-refractivity contribution in [2.75, 3.05) is 13.7 Å². The molecular formula is C16H17Cl2N3O6S. The zero-order valence-electron chi connectivity index (χ0n) is 14.5. The lowest BCUT2D eigenvalue weighted by Crippen LogP contribution is -2.55. The first-order valence-corrected chi connectivity index (χ1v) is 9.73. The first-order valence-electron chi connectivity index (χ1n) is 8.09. The highest BCUT2D eigenvalue weighted by molar-refractivity contribution is 7.99. The number of aromatic nitrogens is 3. The third-order valence-electron chi connectivity index (χ3n) is 4.23. The van der Waals surface area contributed by atoms with Gasteiger partial charge in [-0.2, -0.15) is 0 Å². The number of nitrogens with zero attached hydrogens (tertiary/aromatic N) is 3. The third kappa shape index (κ3) is 4.28. The Morgan fingerprint density at radius 1 is 1.39 bits per heavy atom. The van der Waals surface area contributed by atoms with E-state index in [-0.39, 0.29) is 12.4 Å². The summed E-state index contributed by atoms with van der Waals surface area (Å²) in [6.07, 6.45) is -1.62. The van der Waals surface area contributed by atoms with Crippen LogP contribution in [0.4, 0.5) is 0 Å². The molecule has 2 aromatic rings. The van der Waals surface area contributed by atoms with Crippen molar-refractivity contribution in [1.29, 1.82) is 0 Å². The number of aliphatic hydroxyl groups is 2. The molecule has 0 spiro atoms. The Labute approximate surface area is 174 Å². The minimum atomic E-state index is -1.20.